The van der Waals surface area contributed by atoms with Crippen molar-refractivity contribution >= 4 is 33.7 Å². The summed E-state index contributed by atoms with van der Waals surface area (Å²) in [5.41, 5.74) is -2.96. The van der Waals surface area contributed by atoms with Crippen LogP contribution in [0.2, 0.25) is 0 Å². The Hall–Kier alpha value is -1.97. The van der Waals surface area contributed by atoms with E-state index < -0.39 is 50.4 Å². The second-order valence-electron chi connectivity index (χ2n) is 14.3. The Labute approximate surface area is 238 Å². The highest BCUT2D eigenvalue weighted by atomic mass is 32.2. The number of hydrogen-bond donors (Lipinski definition) is 1. The monoisotopic (exact) mass is 581 g/mol. The Bertz CT molecular complexity index is 1090. The minimum absolute atomic E-state index is 0.0397. The average molecular weight is 582 g/mol. The number of nitrogens with one attached hydrogen (secondary N) is 1. The second-order valence-corrected chi connectivity index (χ2v) is 16.1. The fourth-order valence-electron chi connectivity index (χ4n) is 8.36. The summed E-state index contributed by atoms with van der Waals surface area (Å²) in [6.07, 6.45) is 9.15. The van der Waals surface area contributed by atoms with Gasteiger partial charge in [0.1, 0.15) is 17.5 Å². The molecule has 40 heavy (non-hydrogen) atoms. The molecule has 5 aliphatic carbocycles. The van der Waals surface area contributed by atoms with Gasteiger partial charge in [0.25, 0.3) is 0 Å². The summed E-state index contributed by atoms with van der Waals surface area (Å²) >= 11 is 0. The molecule has 1 amide bonds. The van der Waals surface area contributed by atoms with E-state index in [9.17, 15) is 27.6 Å². The van der Waals surface area contributed by atoms with Crippen LogP contribution in [-0.2, 0) is 38.7 Å². The van der Waals surface area contributed by atoms with Gasteiger partial charge in [-0.15, -0.1) is 0 Å². The van der Waals surface area contributed by atoms with E-state index in [4.69, 9.17) is 9.47 Å². The minimum atomic E-state index is -3.81. The SMILES string of the molecule is CCC(CC(C)(CC(C)(C)C(=O)NS(C)(=O)=O)C(=O)OC1CCCC(=O)C1)C(=O)OC12CC3CC(CC(C3)C1)C2. The Kier molecular flexibility index (Phi) is 8.80. The molecule has 0 saturated heterocycles. The van der Waals surface area contributed by atoms with Gasteiger partial charge in [0, 0.05) is 18.3 Å². The van der Waals surface area contributed by atoms with Gasteiger partial charge in [0.2, 0.25) is 15.9 Å². The number of amides is 1. The topological polar surface area (TPSA) is 133 Å². The first-order valence-electron chi connectivity index (χ1n) is 15.0. The van der Waals surface area contributed by atoms with E-state index in [1.54, 1.807) is 20.8 Å². The Morgan fingerprint density at radius 2 is 1.62 bits per heavy atom. The molecular weight excluding hydrogens is 534 g/mol. The first kappa shape index (κ1) is 31.0. The van der Waals surface area contributed by atoms with E-state index in [1.807, 2.05) is 11.6 Å². The van der Waals surface area contributed by atoms with Gasteiger partial charge >= 0.3 is 11.9 Å². The van der Waals surface area contributed by atoms with Crippen molar-refractivity contribution in [1.82, 2.24) is 4.72 Å². The number of carbonyl (C=O) groups is 4. The molecule has 5 fully saturated rings. The predicted molar refractivity (Wildman–Crippen MR) is 148 cm³/mol. The lowest BCUT2D eigenvalue weighted by atomic mass is 9.54. The molecule has 0 spiro atoms. The number of carbonyl (C=O) groups excluding carboxylic acids is 4. The molecule has 0 aromatic carbocycles. The summed E-state index contributed by atoms with van der Waals surface area (Å²) in [7, 11) is -3.81. The van der Waals surface area contributed by atoms with Gasteiger partial charge in [-0.1, -0.05) is 20.8 Å². The second kappa shape index (κ2) is 11.4. The maximum Gasteiger partial charge on any atom is 0.312 e. The molecular formula is C30H47NO8S. The Morgan fingerprint density at radius 1 is 1.05 bits per heavy atom. The lowest BCUT2D eigenvalue weighted by Crippen LogP contribution is -2.53. The van der Waals surface area contributed by atoms with E-state index in [1.165, 1.54) is 19.3 Å². The van der Waals surface area contributed by atoms with E-state index in [0.29, 0.717) is 43.4 Å². The highest BCUT2D eigenvalue weighted by Gasteiger charge is 2.54. The fourth-order valence-corrected chi connectivity index (χ4v) is 8.97. The molecule has 5 saturated carbocycles. The molecule has 0 radical (unpaired) electrons. The molecule has 226 valence electrons. The molecule has 1 N–H and O–H groups in total. The van der Waals surface area contributed by atoms with Gasteiger partial charge in [0.05, 0.1) is 17.6 Å². The van der Waals surface area contributed by atoms with Crippen LogP contribution in [0.5, 0.6) is 0 Å². The van der Waals surface area contributed by atoms with Crippen LogP contribution in [-0.4, -0.2) is 50.0 Å². The van der Waals surface area contributed by atoms with E-state index in [-0.39, 0.29) is 31.0 Å². The van der Waals surface area contributed by atoms with Crippen LogP contribution in [0.25, 0.3) is 0 Å². The summed E-state index contributed by atoms with van der Waals surface area (Å²) in [5, 5.41) is 0. The number of sulfonamides is 1. The molecule has 10 heteroatoms. The number of esters is 2. The fraction of sp³-hybridized carbons (Fsp3) is 0.867. The van der Waals surface area contributed by atoms with Crippen LogP contribution in [0.3, 0.4) is 0 Å². The first-order valence-corrected chi connectivity index (χ1v) is 16.9. The summed E-state index contributed by atoms with van der Waals surface area (Å²) in [6.45, 7) is 6.73. The molecule has 9 nitrogen and oxygen atoms in total. The van der Waals surface area contributed by atoms with Crippen LogP contribution in [0.15, 0.2) is 0 Å². The minimum Gasteiger partial charge on any atom is -0.461 e. The smallest absolute Gasteiger partial charge is 0.312 e. The summed E-state index contributed by atoms with van der Waals surface area (Å²) in [6, 6.07) is 0. The summed E-state index contributed by atoms with van der Waals surface area (Å²) in [5.74, 6) is -0.309. The maximum absolute atomic E-state index is 13.8. The zero-order valence-corrected chi connectivity index (χ0v) is 25.6. The van der Waals surface area contributed by atoms with Gasteiger partial charge in [-0.25, -0.2) is 8.42 Å². The lowest BCUT2D eigenvalue weighted by molar-refractivity contribution is -0.192. The molecule has 0 aromatic heterocycles. The van der Waals surface area contributed by atoms with Crippen LogP contribution < -0.4 is 4.72 Å². The number of ketones is 1. The van der Waals surface area contributed by atoms with Gasteiger partial charge in [-0.2, -0.15) is 0 Å². The predicted octanol–water partition coefficient (Wildman–Crippen LogP) is 4.47. The molecule has 0 aliphatic heterocycles. The lowest BCUT2D eigenvalue weighted by Gasteiger charge is -2.56. The Balaban J connectivity index is 1.53. The summed E-state index contributed by atoms with van der Waals surface area (Å²) < 4.78 is 37.8. The molecule has 3 atom stereocenters. The van der Waals surface area contributed by atoms with Gasteiger partial charge in [-0.05, 0) is 95.3 Å². The number of rotatable bonds is 11. The normalized spacial score (nSPS) is 32.2. The third-order valence-electron chi connectivity index (χ3n) is 9.75. The van der Waals surface area contributed by atoms with Gasteiger partial charge < -0.3 is 9.47 Å². The van der Waals surface area contributed by atoms with E-state index >= 15 is 0 Å². The van der Waals surface area contributed by atoms with Crippen molar-refractivity contribution in [2.75, 3.05) is 6.26 Å². The molecule has 5 rings (SSSR count). The van der Waals surface area contributed by atoms with Crippen molar-refractivity contribution in [3.63, 3.8) is 0 Å². The van der Waals surface area contributed by atoms with Crippen molar-refractivity contribution in [2.45, 2.75) is 123 Å². The summed E-state index contributed by atoms with van der Waals surface area (Å²) in [4.78, 5) is 52.4. The third-order valence-corrected chi connectivity index (χ3v) is 10.3. The van der Waals surface area contributed by atoms with Crippen LogP contribution in [0, 0.1) is 34.5 Å². The molecule has 3 unspecified atom stereocenters. The van der Waals surface area contributed by atoms with Crippen molar-refractivity contribution in [3.05, 3.63) is 0 Å². The number of Topliss-reactive ketones (excluding diaryl/α,β-unsaturated/α-hetero) is 1. The van der Waals surface area contributed by atoms with E-state index in [2.05, 4.69) is 0 Å². The number of ether oxygens (including phenoxy) is 2. The average Bonchev–Trinajstić information content (AvgIpc) is 2.80. The highest BCUT2D eigenvalue weighted by molar-refractivity contribution is 7.89. The third kappa shape index (κ3) is 7.26. The highest BCUT2D eigenvalue weighted by Crippen LogP contribution is 2.57. The van der Waals surface area contributed by atoms with Gasteiger partial charge in [-0.3, -0.25) is 23.9 Å². The van der Waals surface area contributed by atoms with Crippen LogP contribution in [0.4, 0.5) is 0 Å². The van der Waals surface area contributed by atoms with Crippen molar-refractivity contribution in [1.29, 1.82) is 0 Å². The first-order chi connectivity index (χ1) is 18.5. The quantitative estimate of drug-likeness (QED) is 0.354. The molecule has 5 aliphatic rings. The number of hydrogen-bond acceptors (Lipinski definition) is 8. The Morgan fingerprint density at radius 3 is 2.12 bits per heavy atom. The van der Waals surface area contributed by atoms with E-state index in [0.717, 1.165) is 25.5 Å². The maximum atomic E-state index is 13.8. The standard InChI is InChI=1S/C30H47NO8S/c1-6-22(25(33)39-30-14-19-10-20(15-30)12-21(11-19)16-30)17-29(4,18-28(2,3)26(34)31-40(5,36)37)27(35)38-24-9-7-8-23(32)13-24/h19-22,24H,6-18H2,1-5H3,(H,31,34). The molecule has 0 heterocycles. The molecule has 0 aromatic rings. The zero-order valence-electron chi connectivity index (χ0n) is 24.8. The largest absolute Gasteiger partial charge is 0.461 e. The van der Waals surface area contributed by atoms with Crippen LogP contribution >= 0.6 is 0 Å². The van der Waals surface area contributed by atoms with Crippen molar-refractivity contribution in [2.24, 2.45) is 34.5 Å². The molecule has 4 bridgehead atoms. The van der Waals surface area contributed by atoms with Crippen molar-refractivity contribution < 1.29 is 37.1 Å². The zero-order chi connectivity index (χ0) is 29.5. The van der Waals surface area contributed by atoms with Gasteiger partial charge in [0.15, 0.2) is 0 Å². The van der Waals surface area contributed by atoms with Crippen LogP contribution in [0.1, 0.15) is 111 Å². The van der Waals surface area contributed by atoms with Crippen molar-refractivity contribution in [3.8, 4) is 0 Å².